The van der Waals surface area contributed by atoms with Crippen LogP contribution >= 0.6 is 34.7 Å². The van der Waals surface area contributed by atoms with E-state index in [2.05, 4.69) is 8.75 Å². The van der Waals surface area contributed by atoms with E-state index in [1.165, 1.54) is 36.4 Å². The molecule has 50 heavy (non-hydrogen) atoms. The van der Waals surface area contributed by atoms with Crippen LogP contribution < -0.4 is 22.5 Å². The second kappa shape index (κ2) is 12.8. The summed E-state index contributed by atoms with van der Waals surface area (Å²) < 4.78 is 87.7. The average molecular weight is 761 g/mol. The molecule has 2 aromatic carbocycles. The third-order valence-electron chi connectivity index (χ3n) is 7.03. The quantitative estimate of drug-likeness (QED) is 0.202. The molecule has 4 aromatic heterocycles. The van der Waals surface area contributed by atoms with Crippen LogP contribution in [0.25, 0.3) is 31.5 Å². The third kappa shape index (κ3) is 6.48. The maximum atomic E-state index is 12.9. The highest BCUT2D eigenvalue weighted by Crippen LogP contribution is 2.30. The molecule has 1 N–H and O–H groups in total. The summed E-state index contributed by atoms with van der Waals surface area (Å²) in [6, 6.07) is 8.85. The van der Waals surface area contributed by atoms with Crippen LogP contribution in [0.5, 0.6) is 0 Å². The van der Waals surface area contributed by atoms with E-state index in [0.29, 0.717) is 45.2 Å². The Labute approximate surface area is 284 Å². The second-order valence-electron chi connectivity index (χ2n) is 10.1. The number of hydrogen-bond donors (Lipinski definition) is 1. The number of nitrogens with zero attached hydrogens (tertiary/aromatic N) is 6. The summed E-state index contributed by atoms with van der Waals surface area (Å²) in [5, 5.41) is 8.76. The summed E-state index contributed by atoms with van der Waals surface area (Å²) in [5.74, 6) is -1.30. The highest BCUT2D eigenvalue weighted by atomic mass is 35.5. The van der Waals surface area contributed by atoms with Crippen molar-refractivity contribution in [2.24, 2.45) is 14.1 Å². The number of alkyl halides is 6. The molecule has 13 nitrogen and oxygen atoms in total. The van der Waals surface area contributed by atoms with Gasteiger partial charge >= 0.3 is 29.7 Å². The molecule has 6 rings (SSSR count). The van der Waals surface area contributed by atoms with Gasteiger partial charge in [-0.3, -0.25) is 23.5 Å². The number of halogens is 7. The van der Waals surface area contributed by atoms with E-state index in [1.54, 1.807) is 0 Å². The zero-order valence-electron chi connectivity index (χ0n) is 24.7. The summed E-state index contributed by atoms with van der Waals surface area (Å²) in [4.78, 5) is 71.2. The molecule has 0 radical (unpaired) electrons. The lowest BCUT2D eigenvalue weighted by Gasteiger charge is -2.13. The van der Waals surface area contributed by atoms with Gasteiger partial charge < -0.3 is 5.11 Å². The average Bonchev–Trinajstić information content (AvgIpc) is 3.64. The molecule has 0 saturated heterocycles. The van der Waals surface area contributed by atoms with Crippen molar-refractivity contribution in [1.82, 2.24) is 27.0 Å². The highest BCUT2D eigenvalue weighted by Gasteiger charge is 2.36. The smallest absolute Gasteiger partial charge is 0.431 e. The largest absolute Gasteiger partial charge is 0.476 e. The standard InChI is InChI=1S/C14H7ClF3N3O3S.C14H8F3N3O4S/c1-20-9(14(16,17)18)5-10(22)21(13(20)24)6-2-3-8-7(4-6)11(12(15)23)19-25-8;1-19-9(14(15,16)17)5-10(21)20(13(19)24)6-2-3-8-7(4-6)11(12(22)23)18-25-8/h2-5H,1H3;2-5H,1H3,(H,22,23). The number of rotatable bonds is 4. The lowest BCUT2D eigenvalue weighted by Crippen LogP contribution is -2.40. The Morgan fingerprint density at radius 3 is 1.42 bits per heavy atom. The fourth-order valence-electron chi connectivity index (χ4n) is 4.70. The number of carbonyl (C=O) groups is 2. The second-order valence-corrected chi connectivity index (χ2v) is 12.0. The first kappa shape index (κ1) is 35.9. The van der Waals surface area contributed by atoms with E-state index in [0.717, 1.165) is 37.2 Å². The monoisotopic (exact) mass is 760 g/mol. The molecule has 260 valence electrons. The minimum atomic E-state index is -4.86. The van der Waals surface area contributed by atoms with Crippen LogP contribution in [-0.2, 0) is 26.4 Å². The Hall–Kier alpha value is -5.41. The minimum absolute atomic E-state index is 0.00573. The van der Waals surface area contributed by atoms with Gasteiger partial charge in [-0.15, -0.1) is 0 Å². The van der Waals surface area contributed by atoms with Gasteiger partial charge in [0.15, 0.2) is 5.69 Å². The summed E-state index contributed by atoms with van der Waals surface area (Å²) >= 11 is 7.33. The van der Waals surface area contributed by atoms with E-state index in [9.17, 15) is 55.1 Å². The molecule has 0 aliphatic rings. The highest BCUT2D eigenvalue weighted by molar-refractivity contribution is 7.14. The molecular weight excluding hydrogens is 746 g/mol. The number of carboxylic acids is 1. The van der Waals surface area contributed by atoms with Crippen molar-refractivity contribution in [1.29, 1.82) is 0 Å². The van der Waals surface area contributed by atoms with E-state index in [4.69, 9.17) is 16.7 Å². The Morgan fingerprint density at radius 2 is 1.06 bits per heavy atom. The molecule has 22 heteroatoms. The van der Waals surface area contributed by atoms with Gasteiger partial charge in [0, 0.05) is 37.0 Å². The minimum Gasteiger partial charge on any atom is -0.476 e. The molecule has 0 aliphatic carbocycles. The number of carbonyl (C=O) groups excluding carboxylic acids is 1. The number of carboxylic acid groups (broad SMARTS) is 1. The van der Waals surface area contributed by atoms with Gasteiger partial charge in [0.2, 0.25) is 0 Å². The lowest BCUT2D eigenvalue weighted by molar-refractivity contribution is -0.144. The van der Waals surface area contributed by atoms with Crippen molar-refractivity contribution >= 4 is 66.0 Å². The summed E-state index contributed by atoms with van der Waals surface area (Å²) in [5.41, 5.74) is -7.76. The number of aromatic nitrogens is 6. The Bertz CT molecular complexity index is 2440. The van der Waals surface area contributed by atoms with Crippen molar-refractivity contribution in [2.45, 2.75) is 12.4 Å². The van der Waals surface area contributed by atoms with Gasteiger partial charge in [-0.1, -0.05) is 0 Å². The van der Waals surface area contributed by atoms with Crippen LogP contribution in [0.4, 0.5) is 26.3 Å². The van der Waals surface area contributed by atoms with Crippen molar-refractivity contribution in [3.05, 3.63) is 113 Å². The predicted molar refractivity (Wildman–Crippen MR) is 168 cm³/mol. The summed E-state index contributed by atoms with van der Waals surface area (Å²) in [6.07, 6.45) is -9.70. The molecule has 0 atom stereocenters. The Balaban J connectivity index is 0.000000194. The molecule has 0 bridgehead atoms. The van der Waals surface area contributed by atoms with Crippen LogP contribution in [0.15, 0.2) is 67.7 Å². The first-order valence-electron chi connectivity index (χ1n) is 13.3. The molecule has 0 unspecified atom stereocenters. The fraction of sp³-hybridized carbons (Fsp3) is 0.143. The van der Waals surface area contributed by atoms with Crippen molar-refractivity contribution < 1.29 is 41.0 Å². The maximum absolute atomic E-state index is 12.9. The van der Waals surface area contributed by atoms with E-state index >= 15 is 0 Å². The number of benzene rings is 2. The van der Waals surface area contributed by atoms with Crippen LogP contribution in [0.3, 0.4) is 0 Å². The van der Waals surface area contributed by atoms with Crippen molar-refractivity contribution in [3.63, 3.8) is 0 Å². The number of aromatic carboxylic acids is 1. The topological polar surface area (TPSA) is 168 Å². The number of hydrogen-bond acceptors (Lipinski definition) is 10. The Morgan fingerprint density at radius 1 is 0.680 bits per heavy atom. The van der Waals surface area contributed by atoms with Gasteiger partial charge in [-0.2, -0.15) is 35.1 Å². The van der Waals surface area contributed by atoms with Gasteiger partial charge in [0.1, 0.15) is 17.1 Å². The third-order valence-corrected chi connectivity index (χ3v) is 8.87. The molecule has 0 fully saturated rings. The maximum Gasteiger partial charge on any atom is 0.431 e. The molecule has 0 aliphatic heterocycles. The fourth-order valence-corrected chi connectivity index (χ4v) is 6.39. The molecule has 4 heterocycles. The first-order chi connectivity index (χ1) is 23.2. The Kier molecular flexibility index (Phi) is 9.19. The van der Waals surface area contributed by atoms with Gasteiger partial charge in [0.25, 0.3) is 16.4 Å². The SMILES string of the molecule is Cn1c(C(F)(F)F)cc(=O)n(-c2ccc3snc(C(=O)Cl)c3c2)c1=O.Cn1c(C(F)(F)F)cc(=O)n(-c2ccc3snc(C(=O)O)c3c2)c1=O. The van der Waals surface area contributed by atoms with E-state index in [1.807, 2.05) is 0 Å². The van der Waals surface area contributed by atoms with Crippen LogP contribution in [0.2, 0.25) is 0 Å². The first-order valence-corrected chi connectivity index (χ1v) is 15.2. The van der Waals surface area contributed by atoms with Crippen LogP contribution in [0.1, 0.15) is 32.4 Å². The molecule has 6 aromatic rings. The van der Waals surface area contributed by atoms with Crippen molar-refractivity contribution in [2.75, 3.05) is 0 Å². The molecule has 0 saturated carbocycles. The van der Waals surface area contributed by atoms with Gasteiger partial charge in [-0.05, 0) is 71.1 Å². The van der Waals surface area contributed by atoms with Gasteiger partial charge in [0.05, 0.1) is 20.8 Å². The van der Waals surface area contributed by atoms with Crippen LogP contribution in [0, 0.1) is 0 Å². The normalized spacial score (nSPS) is 11.9. The summed E-state index contributed by atoms with van der Waals surface area (Å²) in [7, 11) is 1.81. The lowest BCUT2D eigenvalue weighted by atomic mass is 10.2. The van der Waals surface area contributed by atoms with Crippen LogP contribution in [-0.4, -0.2) is 43.3 Å². The summed E-state index contributed by atoms with van der Waals surface area (Å²) in [6.45, 7) is 0. The van der Waals surface area contributed by atoms with E-state index in [-0.39, 0.29) is 28.1 Å². The van der Waals surface area contributed by atoms with E-state index < -0.39 is 57.5 Å². The van der Waals surface area contributed by atoms with Gasteiger partial charge in [-0.25, -0.2) is 23.5 Å². The predicted octanol–water partition coefficient (Wildman–Crippen LogP) is 4.41. The zero-order valence-corrected chi connectivity index (χ0v) is 27.0. The van der Waals surface area contributed by atoms with Crippen molar-refractivity contribution in [3.8, 4) is 11.4 Å². The molecule has 0 amide bonds. The molecule has 0 spiro atoms. The zero-order chi connectivity index (χ0) is 37.0. The number of fused-ring (bicyclic) bond motifs is 2. The molecular formula is C28H15ClF6N6O7S2.